The molecular weight excluding hydrogens is 254 g/mol. The van der Waals surface area contributed by atoms with E-state index < -0.39 is 0 Å². The molecule has 0 radical (unpaired) electrons. The summed E-state index contributed by atoms with van der Waals surface area (Å²) in [4.78, 5) is 0. The first kappa shape index (κ1) is 19.0. The molecule has 21 heavy (non-hydrogen) atoms. The summed E-state index contributed by atoms with van der Waals surface area (Å²) in [6.07, 6.45) is 24.1. The molecule has 0 amide bonds. The van der Waals surface area contributed by atoms with Gasteiger partial charge in [0.15, 0.2) is 0 Å². The van der Waals surface area contributed by atoms with Gasteiger partial charge >= 0.3 is 0 Å². The van der Waals surface area contributed by atoms with E-state index in [1.807, 2.05) is 0 Å². The maximum absolute atomic E-state index is 6.43. The van der Waals surface area contributed by atoms with Crippen molar-refractivity contribution in [2.45, 2.75) is 122 Å². The summed E-state index contributed by atoms with van der Waals surface area (Å²) in [5.41, 5.74) is 6.43. The van der Waals surface area contributed by atoms with Crippen LogP contribution in [0.5, 0.6) is 0 Å². The Morgan fingerprint density at radius 3 is 1.71 bits per heavy atom. The van der Waals surface area contributed by atoms with Crippen LogP contribution in [0.15, 0.2) is 0 Å². The lowest BCUT2D eigenvalue weighted by molar-refractivity contribution is 0.349. The first-order chi connectivity index (χ1) is 10.3. The zero-order valence-electron chi connectivity index (χ0n) is 14.8. The van der Waals surface area contributed by atoms with E-state index >= 15 is 0 Å². The lowest BCUT2D eigenvalue weighted by Gasteiger charge is -2.22. The molecule has 1 heteroatoms. The smallest absolute Gasteiger partial charge is 0.00671 e. The first-order valence-corrected chi connectivity index (χ1v) is 10.1. The molecule has 2 N–H and O–H groups in total. The van der Waals surface area contributed by atoms with Crippen molar-refractivity contribution >= 4 is 0 Å². The van der Waals surface area contributed by atoms with Gasteiger partial charge in [-0.15, -0.1) is 0 Å². The van der Waals surface area contributed by atoms with Crippen molar-refractivity contribution in [1.82, 2.24) is 0 Å². The Kier molecular flexibility index (Phi) is 12.3. The molecule has 0 aromatic heterocycles. The Hall–Kier alpha value is -0.0400. The average molecular weight is 296 g/mol. The number of hydrogen-bond donors (Lipinski definition) is 1. The molecule has 0 spiro atoms. The van der Waals surface area contributed by atoms with Crippen LogP contribution < -0.4 is 5.73 Å². The highest BCUT2D eigenvalue weighted by atomic mass is 14.6. The van der Waals surface area contributed by atoms with Gasteiger partial charge in [-0.2, -0.15) is 0 Å². The summed E-state index contributed by atoms with van der Waals surface area (Å²) in [5, 5.41) is 0. The van der Waals surface area contributed by atoms with E-state index in [0.717, 1.165) is 5.92 Å². The summed E-state index contributed by atoms with van der Waals surface area (Å²) in [6, 6.07) is 0.497. The van der Waals surface area contributed by atoms with Crippen LogP contribution in [0.2, 0.25) is 0 Å². The van der Waals surface area contributed by atoms with E-state index in [1.165, 1.54) is 109 Å². The monoisotopic (exact) mass is 295 g/mol. The summed E-state index contributed by atoms with van der Waals surface area (Å²) in [6.45, 7) is 2.29. The molecule has 1 unspecified atom stereocenters. The van der Waals surface area contributed by atoms with Gasteiger partial charge in [0.1, 0.15) is 0 Å². The second-order valence-electron chi connectivity index (χ2n) is 7.39. The third kappa shape index (κ3) is 10.3. The fourth-order valence-corrected chi connectivity index (χ4v) is 3.84. The van der Waals surface area contributed by atoms with Crippen molar-refractivity contribution in [2.24, 2.45) is 11.7 Å². The normalized spacial score (nSPS) is 18.6. The zero-order valence-corrected chi connectivity index (χ0v) is 14.8. The van der Waals surface area contributed by atoms with Gasteiger partial charge in [0.2, 0.25) is 0 Å². The van der Waals surface area contributed by atoms with Crippen LogP contribution in [0.1, 0.15) is 116 Å². The van der Waals surface area contributed by atoms with Crippen molar-refractivity contribution in [3.05, 3.63) is 0 Å². The summed E-state index contributed by atoms with van der Waals surface area (Å²) < 4.78 is 0. The molecule has 1 aliphatic carbocycles. The molecule has 0 bridgehead atoms. The van der Waals surface area contributed by atoms with E-state index in [2.05, 4.69) is 6.92 Å². The fourth-order valence-electron chi connectivity index (χ4n) is 3.84. The van der Waals surface area contributed by atoms with Crippen molar-refractivity contribution in [2.75, 3.05) is 0 Å². The van der Waals surface area contributed by atoms with Crippen molar-refractivity contribution in [3.63, 3.8) is 0 Å². The van der Waals surface area contributed by atoms with Gasteiger partial charge < -0.3 is 5.73 Å². The van der Waals surface area contributed by atoms with E-state index in [0.29, 0.717) is 6.04 Å². The standard InChI is InChI=1S/C20H41N/c1-2-3-4-5-6-7-8-9-10-15-18-20(21)19-16-13-11-12-14-17-19/h19-20H,2-18,21H2,1H3. The summed E-state index contributed by atoms with van der Waals surface area (Å²) in [7, 11) is 0. The highest BCUT2D eigenvalue weighted by Gasteiger charge is 2.18. The Morgan fingerprint density at radius 1 is 0.714 bits per heavy atom. The van der Waals surface area contributed by atoms with Gasteiger partial charge in [0.25, 0.3) is 0 Å². The molecule has 1 nitrogen and oxygen atoms in total. The minimum absolute atomic E-state index is 0.497. The molecule has 0 aromatic rings. The number of rotatable bonds is 12. The topological polar surface area (TPSA) is 26.0 Å². The zero-order chi connectivity index (χ0) is 15.2. The van der Waals surface area contributed by atoms with Crippen LogP contribution in [0.3, 0.4) is 0 Å². The number of unbranched alkanes of at least 4 members (excludes halogenated alkanes) is 9. The molecule has 1 saturated carbocycles. The quantitative estimate of drug-likeness (QED) is 0.319. The Balaban J connectivity index is 1.86. The van der Waals surface area contributed by atoms with Crippen molar-refractivity contribution in [1.29, 1.82) is 0 Å². The molecule has 0 heterocycles. The lowest BCUT2D eigenvalue weighted by atomic mass is 9.89. The Labute approximate surface area is 134 Å². The molecule has 1 fully saturated rings. The lowest BCUT2D eigenvalue weighted by Crippen LogP contribution is -2.29. The molecule has 1 rings (SSSR count). The van der Waals surface area contributed by atoms with Gasteiger partial charge in [-0.05, 0) is 25.2 Å². The highest BCUT2D eigenvalue weighted by molar-refractivity contribution is 4.75. The molecule has 0 aromatic carbocycles. The average Bonchev–Trinajstić information content (AvgIpc) is 2.78. The first-order valence-electron chi connectivity index (χ1n) is 10.1. The van der Waals surface area contributed by atoms with Crippen LogP contribution in [0.4, 0.5) is 0 Å². The largest absolute Gasteiger partial charge is 0.327 e. The van der Waals surface area contributed by atoms with E-state index in [1.54, 1.807) is 0 Å². The summed E-state index contributed by atoms with van der Waals surface area (Å²) >= 11 is 0. The third-order valence-corrected chi connectivity index (χ3v) is 5.40. The Bertz CT molecular complexity index is 206. The summed E-state index contributed by atoms with van der Waals surface area (Å²) in [5.74, 6) is 0.839. The molecule has 1 atom stereocenters. The fraction of sp³-hybridized carbons (Fsp3) is 1.00. The van der Waals surface area contributed by atoms with Crippen LogP contribution in [-0.4, -0.2) is 6.04 Å². The van der Waals surface area contributed by atoms with Crippen LogP contribution in [0, 0.1) is 5.92 Å². The minimum Gasteiger partial charge on any atom is -0.327 e. The van der Waals surface area contributed by atoms with Gasteiger partial charge in [-0.1, -0.05) is 96.8 Å². The maximum Gasteiger partial charge on any atom is 0.00671 e. The molecule has 126 valence electrons. The maximum atomic E-state index is 6.43. The van der Waals surface area contributed by atoms with E-state index in [-0.39, 0.29) is 0 Å². The molecule has 1 aliphatic rings. The van der Waals surface area contributed by atoms with Crippen LogP contribution in [-0.2, 0) is 0 Å². The van der Waals surface area contributed by atoms with Gasteiger partial charge in [-0.25, -0.2) is 0 Å². The van der Waals surface area contributed by atoms with Gasteiger partial charge in [0.05, 0.1) is 0 Å². The SMILES string of the molecule is CCCCCCCCCCCCC(N)C1CCCCCC1. The molecule has 0 saturated heterocycles. The third-order valence-electron chi connectivity index (χ3n) is 5.40. The molecule has 0 aliphatic heterocycles. The number of hydrogen-bond acceptors (Lipinski definition) is 1. The molecular formula is C20H41N. The minimum atomic E-state index is 0.497. The van der Waals surface area contributed by atoms with Gasteiger partial charge in [-0.3, -0.25) is 0 Å². The second kappa shape index (κ2) is 13.6. The second-order valence-corrected chi connectivity index (χ2v) is 7.39. The predicted octanol–water partition coefficient (Wildman–Crippen LogP) is 6.60. The Morgan fingerprint density at radius 2 is 1.19 bits per heavy atom. The van der Waals surface area contributed by atoms with Crippen LogP contribution >= 0.6 is 0 Å². The highest BCUT2D eigenvalue weighted by Crippen LogP contribution is 2.26. The van der Waals surface area contributed by atoms with E-state index in [9.17, 15) is 0 Å². The van der Waals surface area contributed by atoms with Crippen molar-refractivity contribution < 1.29 is 0 Å². The van der Waals surface area contributed by atoms with Gasteiger partial charge in [0, 0.05) is 6.04 Å². The van der Waals surface area contributed by atoms with E-state index in [4.69, 9.17) is 5.73 Å². The van der Waals surface area contributed by atoms with Crippen LogP contribution in [0.25, 0.3) is 0 Å². The number of nitrogens with two attached hydrogens (primary N) is 1. The predicted molar refractivity (Wildman–Crippen MR) is 95.6 cm³/mol. The van der Waals surface area contributed by atoms with Crippen molar-refractivity contribution in [3.8, 4) is 0 Å².